The van der Waals surface area contributed by atoms with Crippen molar-refractivity contribution in [3.63, 3.8) is 0 Å². The first kappa shape index (κ1) is 15.3. The van der Waals surface area contributed by atoms with Crippen molar-refractivity contribution >= 4 is 16.8 Å². The molecule has 4 aromatic rings. The number of H-pyrrole nitrogens is 1. The molecule has 4 heteroatoms. The number of aromatic amines is 1. The molecule has 1 amide bonds. The van der Waals surface area contributed by atoms with Crippen molar-refractivity contribution in [1.29, 1.82) is 0 Å². The second-order valence-corrected chi connectivity index (χ2v) is 5.97. The van der Waals surface area contributed by atoms with Gasteiger partial charge in [0.15, 0.2) is 0 Å². The number of furan rings is 1. The van der Waals surface area contributed by atoms with Crippen LogP contribution in [0.25, 0.3) is 10.9 Å². The van der Waals surface area contributed by atoms with Crippen LogP contribution in [-0.2, 0) is 0 Å². The Balaban J connectivity index is 1.66. The fraction of sp³-hybridized carbons (Fsp3) is 0.0952. The van der Waals surface area contributed by atoms with Crippen molar-refractivity contribution in [3.05, 3.63) is 96.1 Å². The number of para-hydroxylation sites is 1. The fourth-order valence-corrected chi connectivity index (χ4v) is 3.17. The first-order valence-electron chi connectivity index (χ1n) is 8.24. The summed E-state index contributed by atoms with van der Waals surface area (Å²) in [6, 6.07) is 20.1. The minimum Gasteiger partial charge on any atom is -0.472 e. The predicted molar refractivity (Wildman–Crippen MR) is 97.6 cm³/mol. The predicted octanol–water partition coefficient (Wildman–Crippen LogP) is 4.32. The van der Waals surface area contributed by atoms with Crippen LogP contribution in [0.4, 0.5) is 0 Å². The quantitative estimate of drug-likeness (QED) is 0.572. The second-order valence-electron chi connectivity index (χ2n) is 5.97. The Morgan fingerprint density at radius 1 is 1.04 bits per heavy atom. The number of hydrogen-bond acceptors (Lipinski definition) is 2. The maximum atomic E-state index is 12.3. The van der Waals surface area contributed by atoms with Gasteiger partial charge in [0.25, 0.3) is 5.91 Å². The molecule has 2 aromatic heterocycles. The van der Waals surface area contributed by atoms with Crippen molar-refractivity contribution in [1.82, 2.24) is 10.3 Å². The lowest BCUT2D eigenvalue weighted by Crippen LogP contribution is -2.28. The Bertz CT molecular complexity index is 971. The van der Waals surface area contributed by atoms with Gasteiger partial charge in [0.1, 0.15) is 6.26 Å². The highest BCUT2D eigenvalue weighted by molar-refractivity contribution is 5.94. The third-order valence-corrected chi connectivity index (χ3v) is 4.45. The van der Waals surface area contributed by atoms with Crippen LogP contribution in [0.3, 0.4) is 0 Å². The van der Waals surface area contributed by atoms with Gasteiger partial charge in [-0.05, 0) is 23.3 Å². The number of benzene rings is 2. The lowest BCUT2D eigenvalue weighted by molar-refractivity contribution is 0.0952. The number of hydrogen-bond donors (Lipinski definition) is 2. The molecule has 2 aromatic carbocycles. The van der Waals surface area contributed by atoms with Crippen LogP contribution < -0.4 is 5.32 Å². The summed E-state index contributed by atoms with van der Waals surface area (Å²) in [5.41, 5.74) is 3.97. The standard InChI is InChI=1S/C21H18N2O2/c24-21(16-10-11-25-14-16)23-12-18(15-6-2-1-3-7-15)19-13-22-20-9-5-4-8-17(19)20/h1-11,13-14,18,22H,12H2,(H,23,24)/t18-/m0/s1. The highest BCUT2D eigenvalue weighted by Crippen LogP contribution is 2.30. The van der Waals surface area contributed by atoms with Gasteiger partial charge in [-0.25, -0.2) is 0 Å². The number of amides is 1. The van der Waals surface area contributed by atoms with E-state index in [0.717, 1.165) is 5.52 Å². The topological polar surface area (TPSA) is 58.0 Å². The molecule has 4 rings (SSSR count). The summed E-state index contributed by atoms with van der Waals surface area (Å²) in [6.07, 6.45) is 4.99. The van der Waals surface area contributed by atoms with Gasteiger partial charge in [-0.1, -0.05) is 48.5 Å². The largest absolute Gasteiger partial charge is 0.472 e. The van der Waals surface area contributed by atoms with E-state index in [0.29, 0.717) is 12.1 Å². The molecule has 1 atom stereocenters. The van der Waals surface area contributed by atoms with Crippen molar-refractivity contribution < 1.29 is 9.21 Å². The fourth-order valence-electron chi connectivity index (χ4n) is 3.17. The molecule has 2 N–H and O–H groups in total. The van der Waals surface area contributed by atoms with E-state index in [4.69, 9.17) is 4.42 Å². The normalized spacial score (nSPS) is 12.2. The molecule has 2 heterocycles. The Hall–Kier alpha value is -3.27. The van der Waals surface area contributed by atoms with Gasteiger partial charge in [-0.3, -0.25) is 4.79 Å². The van der Waals surface area contributed by atoms with Gasteiger partial charge < -0.3 is 14.7 Å². The molecule has 0 bridgehead atoms. The summed E-state index contributed by atoms with van der Waals surface area (Å²) < 4.78 is 4.99. The number of carbonyl (C=O) groups is 1. The number of nitrogens with one attached hydrogen (secondary N) is 2. The van der Waals surface area contributed by atoms with E-state index in [1.807, 2.05) is 36.5 Å². The summed E-state index contributed by atoms with van der Waals surface area (Å²) in [6.45, 7) is 0.510. The average molecular weight is 330 g/mol. The summed E-state index contributed by atoms with van der Waals surface area (Å²) >= 11 is 0. The Kier molecular flexibility index (Phi) is 4.09. The minimum absolute atomic E-state index is 0.0631. The molecular formula is C21H18N2O2. The molecule has 4 nitrogen and oxygen atoms in total. The van der Waals surface area contributed by atoms with Crippen LogP contribution in [-0.4, -0.2) is 17.4 Å². The molecule has 124 valence electrons. The van der Waals surface area contributed by atoms with Crippen LogP contribution in [0.5, 0.6) is 0 Å². The molecule has 25 heavy (non-hydrogen) atoms. The van der Waals surface area contributed by atoms with E-state index in [2.05, 4.69) is 34.6 Å². The van der Waals surface area contributed by atoms with Crippen LogP contribution in [0.1, 0.15) is 27.4 Å². The summed E-state index contributed by atoms with van der Waals surface area (Å²) in [4.78, 5) is 15.6. The zero-order valence-electron chi connectivity index (χ0n) is 13.6. The van der Waals surface area contributed by atoms with Gasteiger partial charge >= 0.3 is 0 Å². The van der Waals surface area contributed by atoms with Crippen molar-refractivity contribution in [2.24, 2.45) is 0 Å². The van der Waals surface area contributed by atoms with E-state index in [1.54, 1.807) is 6.07 Å². The molecule has 0 aliphatic rings. The first-order chi connectivity index (χ1) is 12.3. The van der Waals surface area contributed by atoms with Crippen molar-refractivity contribution in [3.8, 4) is 0 Å². The molecule has 0 aliphatic carbocycles. The summed E-state index contributed by atoms with van der Waals surface area (Å²) in [5.74, 6) is -0.0669. The van der Waals surface area contributed by atoms with Gasteiger partial charge in [0.05, 0.1) is 11.8 Å². The molecule has 0 unspecified atom stereocenters. The van der Waals surface area contributed by atoms with Gasteiger partial charge in [0.2, 0.25) is 0 Å². The first-order valence-corrected chi connectivity index (χ1v) is 8.24. The smallest absolute Gasteiger partial charge is 0.254 e. The van der Waals surface area contributed by atoms with Gasteiger partial charge in [0, 0.05) is 29.6 Å². The van der Waals surface area contributed by atoms with E-state index in [9.17, 15) is 4.79 Å². The van der Waals surface area contributed by atoms with E-state index >= 15 is 0 Å². The second kappa shape index (κ2) is 6.69. The van der Waals surface area contributed by atoms with E-state index < -0.39 is 0 Å². The molecule has 0 aliphatic heterocycles. The van der Waals surface area contributed by atoms with Crippen LogP contribution in [0.2, 0.25) is 0 Å². The number of carbonyl (C=O) groups excluding carboxylic acids is 1. The maximum Gasteiger partial charge on any atom is 0.254 e. The molecule has 0 radical (unpaired) electrons. The lowest BCUT2D eigenvalue weighted by Gasteiger charge is -2.18. The maximum absolute atomic E-state index is 12.3. The highest BCUT2D eigenvalue weighted by atomic mass is 16.3. The van der Waals surface area contributed by atoms with Crippen LogP contribution >= 0.6 is 0 Å². The third-order valence-electron chi connectivity index (χ3n) is 4.45. The van der Waals surface area contributed by atoms with E-state index in [-0.39, 0.29) is 11.8 Å². The molecule has 0 spiro atoms. The van der Waals surface area contributed by atoms with Gasteiger partial charge in [-0.15, -0.1) is 0 Å². The Morgan fingerprint density at radius 2 is 1.84 bits per heavy atom. The SMILES string of the molecule is O=C(NC[C@@H](c1ccccc1)c1c[nH]c2ccccc12)c1ccoc1. The van der Waals surface area contributed by atoms with Crippen LogP contribution in [0, 0.1) is 0 Å². The number of aromatic nitrogens is 1. The molecule has 0 saturated carbocycles. The summed E-state index contributed by atoms with van der Waals surface area (Å²) in [5, 5.41) is 4.20. The number of rotatable bonds is 5. The zero-order chi connectivity index (χ0) is 17.1. The monoisotopic (exact) mass is 330 g/mol. The highest BCUT2D eigenvalue weighted by Gasteiger charge is 2.19. The van der Waals surface area contributed by atoms with Crippen molar-refractivity contribution in [2.45, 2.75) is 5.92 Å². The summed E-state index contributed by atoms with van der Waals surface area (Å²) in [7, 11) is 0. The third kappa shape index (κ3) is 3.06. The minimum atomic E-state index is -0.130. The molecule has 0 fully saturated rings. The van der Waals surface area contributed by atoms with Crippen LogP contribution in [0.15, 0.2) is 83.8 Å². The molecular weight excluding hydrogens is 312 g/mol. The van der Waals surface area contributed by atoms with E-state index in [1.165, 1.54) is 29.0 Å². The number of fused-ring (bicyclic) bond motifs is 1. The lowest BCUT2D eigenvalue weighted by atomic mass is 9.91. The Morgan fingerprint density at radius 3 is 2.64 bits per heavy atom. The van der Waals surface area contributed by atoms with Gasteiger partial charge in [-0.2, -0.15) is 0 Å². The molecule has 0 saturated heterocycles. The van der Waals surface area contributed by atoms with Crippen molar-refractivity contribution in [2.75, 3.05) is 6.54 Å². The average Bonchev–Trinajstić information content (AvgIpc) is 3.33. The Labute approximate surface area is 145 Å². The zero-order valence-corrected chi connectivity index (χ0v) is 13.6.